The number of guanidine groups is 1. The van der Waals surface area contributed by atoms with E-state index in [1.807, 2.05) is 26.8 Å². The third-order valence-corrected chi connectivity index (χ3v) is 4.22. The lowest BCUT2D eigenvalue weighted by atomic mass is 10.2. The molecule has 1 aromatic rings. The van der Waals surface area contributed by atoms with Crippen LogP contribution in [0.5, 0.6) is 0 Å². The number of alkyl carbamates (subject to hydrolysis) is 1. The molecular formula is C15H25BrN4O2S. The molecular weight excluding hydrogens is 380 g/mol. The molecule has 23 heavy (non-hydrogen) atoms. The van der Waals surface area contributed by atoms with Crippen molar-refractivity contribution in [1.82, 2.24) is 16.0 Å². The van der Waals surface area contributed by atoms with E-state index < -0.39 is 5.60 Å². The Morgan fingerprint density at radius 3 is 2.52 bits per heavy atom. The van der Waals surface area contributed by atoms with Crippen molar-refractivity contribution >= 4 is 39.3 Å². The van der Waals surface area contributed by atoms with E-state index >= 15 is 0 Å². The average molecular weight is 405 g/mol. The van der Waals surface area contributed by atoms with Gasteiger partial charge in [-0.3, -0.25) is 4.99 Å². The van der Waals surface area contributed by atoms with Gasteiger partial charge in [0.1, 0.15) is 5.60 Å². The summed E-state index contributed by atoms with van der Waals surface area (Å²) >= 11 is 5.14. The molecule has 0 aliphatic rings. The van der Waals surface area contributed by atoms with Crippen molar-refractivity contribution in [3.05, 3.63) is 20.8 Å². The molecule has 8 heteroatoms. The van der Waals surface area contributed by atoms with Crippen molar-refractivity contribution in [2.45, 2.75) is 39.3 Å². The van der Waals surface area contributed by atoms with Gasteiger partial charge in [0.25, 0.3) is 0 Å². The summed E-state index contributed by atoms with van der Waals surface area (Å²) in [7, 11) is 1.73. The zero-order valence-corrected chi connectivity index (χ0v) is 16.4. The third kappa shape index (κ3) is 9.45. The highest BCUT2D eigenvalue weighted by atomic mass is 79.9. The first-order valence-electron chi connectivity index (χ1n) is 7.46. The average Bonchev–Trinajstić information content (AvgIpc) is 2.85. The lowest BCUT2D eigenvalue weighted by Gasteiger charge is -2.19. The number of hydrogen-bond donors (Lipinski definition) is 3. The van der Waals surface area contributed by atoms with Crippen molar-refractivity contribution in [2.75, 3.05) is 20.1 Å². The lowest BCUT2D eigenvalue weighted by molar-refractivity contribution is 0.0527. The zero-order chi connectivity index (χ0) is 17.3. The molecule has 130 valence electrons. The maximum absolute atomic E-state index is 11.5. The molecule has 0 saturated heterocycles. The second-order valence-corrected chi connectivity index (χ2v) is 8.39. The van der Waals surface area contributed by atoms with Crippen molar-refractivity contribution in [2.24, 2.45) is 4.99 Å². The molecule has 1 amide bonds. The first-order valence-corrected chi connectivity index (χ1v) is 9.06. The van der Waals surface area contributed by atoms with Crippen molar-refractivity contribution in [3.8, 4) is 0 Å². The van der Waals surface area contributed by atoms with Crippen LogP contribution in [-0.4, -0.2) is 37.8 Å². The van der Waals surface area contributed by atoms with Crippen molar-refractivity contribution in [3.63, 3.8) is 0 Å². The number of ether oxygens (including phenoxy) is 1. The van der Waals surface area contributed by atoms with Gasteiger partial charge in [-0.25, -0.2) is 4.79 Å². The lowest BCUT2D eigenvalue weighted by Crippen LogP contribution is -2.38. The normalized spacial score (nSPS) is 12.0. The molecule has 0 unspecified atom stereocenters. The number of rotatable bonds is 6. The number of aliphatic imine (C=N–C) groups is 1. The Morgan fingerprint density at radius 1 is 1.26 bits per heavy atom. The minimum atomic E-state index is -0.467. The highest BCUT2D eigenvalue weighted by Gasteiger charge is 2.15. The second-order valence-electron chi connectivity index (χ2n) is 5.84. The van der Waals surface area contributed by atoms with Gasteiger partial charge in [-0.1, -0.05) is 0 Å². The first-order chi connectivity index (χ1) is 10.8. The number of halogens is 1. The molecule has 0 atom stereocenters. The molecule has 6 nitrogen and oxygen atoms in total. The Hall–Kier alpha value is -1.28. The Kier molecular flexibility index (Phi) is 8.40. The van der Waals surface area contributed by atoms with E-state index in [4.69, 9.17) is 4.74 Å². The molecule has 3 N–H and O–H groups in total. The molecule has 1 heterocycles. The van der Waals surface area contributed by atoms with Crippen LogP contribution in [0.4, 0.5) is 4.79 Å². The topological polar surface area (TPSA) is 74.8 Å². The number of hydrogen-bond acceptors (Lipinski definition) is 4. The molecule has 1 rings (SSSR count). The summed E-state index contributed by atoms with van der Waals surface area (Å²) < 4.78 is 6.28. The van der Waals surface area contributed by atoms with E-state index in [2.05, 4.69) is 42.9 Å². The van der Waals surface area contributed by atoms with Gasteiger partial charge < -0.3 is 20.7 Å². The van der Waals surface area contributed by atoms with E-state index in [1.165, 1.54) is 4.88 Å². The van der Waals surface area contributed by atoms with Crippen molar-refractivity contribution < 1.29 is 9.53 Å². The minimum absolute atomic E-state index is 0.386. The van der Waals surface area contributed by atoms with Crippen LogP contribution in [0.1, 0.15) is 32.1 Å². The van der Waals surface area contributed by atoms with Crippen LogP contribution in [0.25, 0.3) is 0 Å². The van der Waals surface area contributed by atoms with Gasteiger partial charge in [0.05, 0.1) is 10.3 Å². The fraction of sp³-hybridized carbons (Fsp3) is 0.600. The summed E-state index contributed by atoms with van der Waals surface area (Å²) in [5, 5.41) is 9.18. The fourth-order valence-electron chi connectivity index (χ4n) is 1.64. The summed E-state index contributed by atoms with van der Waals surface area (Å²) in [6.45, 7) is 7.52. The Balaban J connectivity index is 2.14. The Labute approximate surface area is 150 Å². The van der Waals surface area contributed by atoms with Gasteiger partial charge in [0.15, 0.2) is 5.96 Å². The quantitative estimate of drug-likeness (QED) is 0.386. The van der Waals surface area contributed by atoms with Gasteiger partial charge in [0.2, 0.25) is 0 Å². The van der Waals surface area contributed by atoms with Crippen LogP contribution in [0.15, 0.2) is 20.9 Å². The van der Waals surface area contributed by atoms with Gasteiger partial charge in [-0.05, 0) is 55.3 Å². The van der Waals surface area contributed by atoms with E-state index in [-0.39, 0.29) is 6.09 Å². The summed E-state index contributed by atoms with van der Waals surface area (Å²) in [5.41, 5.74) is -0.467. The molecule has 0 aliphatic carbocycles. The van der Waals surface area contributed by atoms with E-state index in [1.54, 1.807) is 18.4 Å². The minimum Gasteiger partial charge on any atom is -0.444 e. The van der Waals surface area contributed by atoms with Crippen molar-refractivity contribution in [1.29, 1.82) is 0 Å². The van der Waals surface area contributed by atoms with E-state index in [0.717, 1.165) is 22.7 Å². The molecule has 0 saturated carbocycles. The fourth-order valence-corrected chi connectivity index (χ4v) is 3.06. The molecule has 0 bridgehead atoms. The number of thiophene rings is 1. The van der Waals surface area contributed by atoms with Crippen LogP contribution in [0.2, 0.25) is 0 Å². The monoisotopic (exact) mass is 404 g/mol. The second kappa shape index (κ2) is 9.77. The molecule has 0 aliphatic heterocycles. The Morgan fingerprint density at radius 2 is 1.96 bits per heavy atom. The highest BCUT2D eigenvalue weighted by molar-refractivity contribution is 9.11. The summed E-state index contributed by atoms with van der Waals surface area (Å²) in [6, 6.07) is 4.10. The van der Waals surface area contributed by atoms with Gasteiger partial charge in [-0.15, -0.1) is 11.3 Å². The maximum atomic E-state index is 11.5. The predicted octanol–water partition coefficient (Wildman–Crippen LogP) is 3.09. The Bertz CT molecular complexity index is 526. The molecule has 0 radical (unpaired) electrons. The SMILES string of the molecule is CN=C(NCCCNC(=O)OC(C)(C)C)NCc1ccc(Br)s1. The van der Waals surface area contributed by atoms with Crippen LogP contribution < -0.4 is 16.0 Å². The van der Waals surface area contributed by atoms with Crippen LogP contribution in [0, 0.1) is 0 Å². The summed E-state index contributed by atoms with van der Waals surface area (Å²) in [5.74, 6) is 0.742. The number of nitrogens with one attached hydrogen (secondary N) is 3. The summed E-state index contributed by atoms with van der Waals surface area (Å²) in [4.78, 5) is 16.9. The zero-order valence-electron chi connectivity index (χ0n) is 14.0. The van der Waals surface area contributed by atoms with E-state index in [0.29, 0.717) is 13.1 Å². The first kappa shape index (κ1) is 19.8. The number of nitrogens with zero attached hydrogens (tertiary/aromatic N) is 1. The molecule has 0 fully saturated rings. The van der Waals surface area contributed by atoms with Gasteiger partial charge >= 0.3 is 6.09 Å². The van der Waals surface area contributed by atoms with Gasteiger partial charge in [0, 0.05) is 25.0 Å². The molecule has 0 aromatic carbocycles. The van der Waals surface area contributed by atoms with Crippen LogP contribution >= 0.6 is 27.3 Å². The third-order valence-electron chi connectivity index (χ3n) is 2.60. The van der Waals surface area contributed by atoms with Crippen LogP contribution in [0.3, 0.4) is 0 Å². The standard InChI is InChI=1S/C15H25BrN4O2S/c1-15(2,3)22-14(21)19-9-5-8-18-13(17-4)20-10-11-6-7-12(16)23-11/h6-7H,5,8-10H2,1-4H3,(H,19,21)(H2,17,18,20). The largest absolute Gasteiger partial charge is 0.444 e. The maximum Gasteiger partial charge on any atom is 0.407 e. The number of carbonyl (C=O) groups is 1. The predicted molar refractivity (Wildman–Crippen MR) is 99.1 cm³/mol. The van der Waals surface area contributed by atoms with Crippen LogP contribution in [-0.2, 0) is 11.3 Å². The van der Waals surface area contributed by atoms with E-state index in [9.17, 15) is 4.79 Å². The number of carbonyl (C=O) groups excluding carboxylic acids is 1. The number of amides is 1. The van der Waals surface area contributed by atoms with Gasteiger partial charge in [-0.2, -0.15) is 0 Å². The molecule has 0 spiro atoms. The smallest absolute Gasteiger partial charge is 0.407 e. The molecule has 1 aromatic heterocycles. The summed E-state index contributed by atoms with van der Waals surface area (Å²) in [6.07, 6.45) is 0.396. The highest BCUT2D eigenvalue weighted by Crippen LogP contribution is 2.21.